The molecular weight excluding hydrogens is 310 g/mol. The van der Waals surface area contributed by atoms with Gasteiger partial charge in [0, 0.05) is 18.3 Å². The summed E-state index contributed by atoms with van der Waals surface area (Å²) in [6.07, 6.45) is 2.50. The van der Waals surface area contributed by atoms with E-state index < -0.39 is 0 Å². The average molecular weight is 333 g/mol. The van der Waals surface area contributed by atoms with Crippen molar-refractivity contribution in [1.29, 1.82) is 5.26 Å². The van der Waals surface area contributed by atoms with E-state index in [1.54, 1.807) is 18.2 Å². The lowest BCUT2D eigenvalue weighted by Crippen LogP contribution is -2.40. The van der Waals surface area contributed by atoms with Gasteiger partial charge in [-0.3, -0.25) is 9.69 Å². The molecule has 0 heterocycles. The lowest BCUT2D eigenvalue weighted by atomic mass is 10.1. The molecule has 0 aromatic heterocycles. The van der Waals surface area contributed by atoms with Crippen molar-refractivity contribution in [3.63, 3.8) is 0 Å². The molecule has 1 unspecified atom stereocenters. The van der Waals surface area contributed by atoms with Crippen LogP contribution in [0.2, 0.25) is 0 Å². The second-order valence-corrected chi connectivity index (χ2v) is 6.71. The zero-order chi connectivity index (χ0) is 17.6. The zero-order valence-corrected chi connectivity index (χ0v) is 14.5. The van der Waals surface area contributed by atoms with Gasteiger partial charge in [-0.25, -0.2) is 0 Å². The molecular formula is C21H23N3O. The summed E-state index contributed by atoms with van der Waals surface area (Å²) in [7, 11) is 0. The average Bonchev–Trinajstić information content (AvgIpc) is 3.46. The molecule has 4 nitrogen and oxygen atoms in total. The molecule has 0 radical (unpaired) electrons. The molecule has 2 aromatic carbocycles. The first-order chi connectivity index (χ1) is 12.2. The van der Waals surface area contributed by atoms with Crippen LogP contribution in [0.15, 0.2) is 54.6 Å². The summed E-state index contributed by atoms with van der Waals surface area (Å²) < 4.78 is 0. The van der Waals surface area contributed by atoms with Crippen LogP contribution in [0.1, 0.15) is 30.9 Å². The van der Waals surface area contributed by atoms with Gasteiger partial charge >= 0.3 is 0 Å². The Bertz CT molecular complexity index is 762. The first-order valence-corrected chi connectivity index (χ1v) is 8.73. The number of anilines is 1. The van der Waals surface area contributed by atoms with Crippen molar-refractivity contribution < 1.29 is 4.79 Å². The Morgan fingerprint density at radius 1 is 1.24 bits per heavy atom. The smallest absolute Gasteiger partial charge is 0.238 e. The second kappa shape index (κ2) is 7.96. The molecule has 2 aromatic rings. The van der Waals surface area contributed by atoms with E-state index in [0.29, 0.717) is 29.8 Å². The zero-order valence-electron chi connectivity index (χ0n) is 14.5. The van der Waals surface area contributed by atoms with Gasteiger partial charge in [0.15, 0.2) is 0 Å². The fourth-order valence-corrected chi connectivity index (χ4v) is 3.09. The van der Waals surface area contributed by atoms with Gasteiger partial charge in [0.25, 0.3) is 0 Å². The summed E-state index contributed by atoms with van der Waals surface area (Å²) in [5.41, 5.74) is 2.43. The number of carbonyl (C=O) groups is 1. The Labute approximate surface area is 149 Å². The summed E-state index contributed by atoms with van der Waals surface area (Å²) in [6.45, 7) is 3.33. The minimum absolute atomic E-state index is 0.0430. The number of carbonyl (C=O) groups excluding carboxylic acids is 1. The third kappa shape index (κ3) is 4.91. The van der Waals surface area contributed by atoms with Crippen LogP contribution in [0.3, 0.4) is 0 Å². The molecule has 128 valence electrons. The maximum absolute atomic E-state index is 12.5. The van der Waals surface area contributed by atoms with E-state index in [4.69, 9.17) is 5.26 Å². The molecule has 1 fully saturated rings. The predicted molar refractivity (Wildman–Crippen MR) is 98.8 cm³/mol. The third-order valence-corrected chi connectivity index (χ3v) is 4.73. The summed E-state index contributed by atoms with van der Waals surface area (Å²) in [5, 5.41) is 11.9. The standard InChI is InChI=1S/C21H23N3O/c1-16(19-10-11-19)24(14-17-6-3-2-4-7-17)15-21(25)23-20-9-5-8-18(12-20)13-22/h2-9,12,16,19H,10-11,14-15H2,1H3,(H,23,25). The molecule has 1 amide bonds. The summed E-state index contributed by atoms with van der Waals surface area (Å²) in [5.74, 6) is 0.650. The van der Waals surface area contributed by atoms with Gasteiger partial charge in [0.05, 0.1) is 18.2 Å². The van der Waals surface area contributed by atoms with Gasteiger partial charge in [-0.2, -0.15) is 5.26 Å². The molecule has 4 heteroatoms. The first kappa shape index (κ1) is 17.2. The van der Waals surface area contributed by atoms with Crippen LogP contribution < -0.4 is 5.32 Å². The van der Waals surface area contributed by atoms with Crippen LogP contribution in [-0.4, -0.2) is 23.4 Å². The number of hydrogen-bond donors (Lipinski definition) is 1. The molecule has 25 heavy (non-hydrogen) atoms. The lowest BCUT2D eigenvalue weighted by molar-refractivity contribution is -0.118. The molecule has 0 bridgehead atoms. The number of nitrogens with zero attached hydrogens (tertiary/aromatic N) is 2. The second-order valence-electron chi connectivity index (χ2n) is 6.71. The van der Waals surface area contributed by atoms with Gasteiger partial charge in [0.2, 0.25) is 5.91 Å². The van der Waals surface area contributed by atoms with Crippen molar-refractivity contribution in [3.05, 3.63) is 65.7 Å². The first-order valence-electron chi connectivity index (χ1n) is 8.73. The minimum atomic E-state index is -0.0430. The number of nitrogens with one attached hydrogen (secondary N) is 1. The molecule has 1 N–H and O–H groups in total. The highest BCUT2D eigenvalue weighted by atomic mass is 16.2. The fraction of sp³-hybridized carbons (Fsp3) is 0.333. The molecule has 1 aliphatic rings. The number of nitriles is 1. The van der Waals surface area contributed by atoms with Crippen molar-refractivity contribution in [2.75, 3.05) is 11.9 Å². The van der Waals surface area contributed by atoms with Crippen LogP contribution in [0.5, 0.6) is 0 Å². The van der Waals surface area contributed by atoms with Crippen molar-refractivity contribution in [1.82, 2.24) is 4.90 Å². The van der Waals surface area contributed by atoms with E-state index in [-0.39, 0.29) is 5.91 Å². The summed E-state index contributed by atoms with van der Waals surface area (Å²) >= 11 is 0. The van der Waals surface area contributed by atoms with Crippen molar-refractivity contribution >= 4 is 11.6 Å². The Kier molecular flexibility index (Phi) is 5.47. The quantitative estimate of drug-likeness (QED) is 0.838. The normalized spacial score (nSPS) is 14.8. The van der Waals surface area contributed by atoms with Crippen molar-refractivity contribution in [3.8, 4) is 6.07 Å². The Hall–Kier alpha value is -2.64. The molecule has 1 saturated carbocycles. The molecule has 3 rings (SSSR count). The predicted octanol–water partition coefficient (Wildman–Crippen LogP) is 3.80. The van der Waals surface area contributed by atoms with E-state index in [9.17, 15) is 4.79 Å². The van der Waals surface area contributed by atoms with E-state index in [1.807, 2.05) is 24.3 Å². The molecule has 0 aliphatic heterocycles. The van der Waals surface area contributed by atoms with E-state index in [1.165, 1.54) is 18.4 Å². The molecule has 0 spiro atoms. The molecule has 1 atom stereocenters. The Morgan fingerprint density at radius 3 is 2.68 bits per heavy atom. The Morgan fingerprint density at radius 2 is 2.00 bits per heavy atom. The number of amides is 1. The highest BCUT2D eigenvalue weighted by Gasteiger charge is 2.32. The maximum Gasteiger partial charge on any atom is 0.238 e. The minimum Gasteiger partial charge on any atom is -0.325 e. The van der Waals surface area contributed by atoms with E-state index in [0.717, 1.165) is 6.54 Å². The van der Waals surface area contributed by atoms with E-state index in [2.05, 4.69) is 35.3 Å². The van der Waals surface area contributed by atoms with Gasteiger partial charge in [0.1, 0.15) is 0 Å². The highest BCUT2D eigenvalue weighted by molar-refractivity contribution is 5.92. The van der Waals surface area contributed by atoms with Gasteiger partial charge in [-0.15, -0.1) is 0 Å². The largest absolute Gasteiger partial charge is 0.325 e. The third-order valence-electron chi connectivity index (χ3n) is 4.73. The summed E-state index contributed by atoms with van der Waals surface area (Å²) in [6, 6.07) is 19.8. The van der Waals surface area contributed by atoms with Crippen LogP contribution in [0.4, 0.5) is 5.69 Å². The van der Waals surface area contributed by atoms with Crippen LogP contribution >= 0.6 is 0 Å². The van der Waals surface area contributed by atoms with Crippen LogP contribution in [-0.2, 0) is 11.3 Å². The monoisotopic (exact) mass is 333 g/mol. The van der Waals surface area contributed by atoms with Gasteiger partial charge < -0.3 is 5.32 Å². The topological polar surface area (TPSA) is 56.1 Å². The number of hydrogen-bond acceptors (Lipinski definition) is 3. The van der Waals surface area contributed by atoms with Crippen molar-refractivity contribution in [2.45, 2.75) is 32.4 Å². The highest BCUT2D eigenvalue weighted by Crippen LogP contribution is 2.35. The fourth-order valence-electron chi connectivity index (χ4n) is 3.09. The van der Waals surface area contributed by atoms with Gasteiger partial charge in [-0.1, -0.05) is 36.4 Å². The van der Waals surface area contributed by atoms with Crippen LogP contribution in [0, 0.1) is 17.2 Å². The summed E-state index contributed by atoms with van der Waals surface area (Å²) in [4.78, 5) is 14.8. The molecule has 1 aliphatic carbocycles. The maximum atomic E-state index is 12.5. The number of benzene rings is 2. The van der Waals surface area contributed by atoms with E-state index >= 15 is 0 Å². The van der Waals surface area contributed by atoms with Crippen LogP contribution in [0.25, 0.3) is 0 Å². The van der Waals surface area contributed by atoms with Gasteiger partial charge in [-0.05, 0) is 49.4 Å². The number of rotatable bonds is 7. The van der Waals surface area contributed by atoms with Crippen molar-refractivity contribution in [2.24, 2.45) is 5.92 Å². The SMILES string of the molecule is CC(C1CC1)N(CC(=O)Nc1cccc(C#N)c1)Cc1ccccc1. The Balaban J connectivity index is 1.66. The lowest BCUT2D eigenvalue weighted by Gasteiger charge is -2.28. The molecule has 0 saturated heterocycles.